The Bertz CT molecular complexity index is 613. The average molecular weight is 272 g/mol. The summed E-state index contributed by atoms with van der Waals surface area (Å²) in [5.41, 5.74) is -0.143. The Morgan fingerprint density at radius 2 is 2.33 bits per heavy atom. The Kier molecular flexibility index (Phi) is 2.11. The van der Waals surface area contributed by atoms with Gasteiger partial charge in [0.1, 0.15) is 10.3 Å². The maximum absolute atomic E-state index is 11.2. The van der Waals surface area contributed by atoms with Crippen LogP contribution in [0, 0.1) is 0 Å². The van der Waals surface area contributed by atoms with Crippen molar-refractivity contribution >= 4 is 32.9 Å². The van der Waals surface area contributed by atoms with Crippen LogP contribution in [0.25, 0.3) is 11.0 Å². The van der Waals surface area contributed by atoms with Gasteiger partial charge < -0.3 is 10.1 Å². The third-order valence-electron chi connectivity index (χ3n) is 2.02. The highest BCUT2D eigenvalue weighted by molar-refractivity contribution is 9.10. The predicted molar refractivity (Wildman–Crippen MR) is 56.0 cm³/mol. The van der Waals surface area contributed by atoms with Crippen molar-refractivity contribution in [1.29, 1.82) is 0 Å². The second kappa shape index (κ2) is 3.20. The number of halogens is 1. The minimum absolute atomic E-state index is 0.0614. The van der Waals surface area contributed by atoms with E-state index in [4.69, 9.17) is 5.11 Å². The van der Waals surface area contributed by atoms with Crippen molar-refractivity contribution in [3.63, 3.8) is 0 Å². The van der Waals surface area contributed by atoms with E-state index in [1.165, 1.54) is 4.68 Å². The second-order valence-corrected chi connectivity index (χ2v) is 3.74. The van der Waals surface area contributed by atoms with Gasteiger partial charge in [-0.1, -0.05) is 0 Å². The van der Waals surface area contributed by atoms with Gasteiger partial charge in [-0.25, -0.2) is 4.79 Å². The van der Waals surface area contributed by atoms with Gasteiger partial charge in [-0.2, -0.15) is 5.10 Å². The van der Waals surface area contributed by atoms with Crippen molar-refractivity contribution in [1.82, 2.24) is 14.8 Å². The molecule has 15 heavy (non-hydrogen) atoms. The van der Waals surface area contributed by atoms with Crippen LogP contribution in [0.2, 0.25) is 0 Å². The lowest BCUT2D eigenvalue weighted by Gasteiger charge is -1.97. The van der Waals surface area contributed by atoms with Crippen LogP contribution in [0.3, 0.4) is 0 Å². The molecule has 0 saturated heterocycles. The molecule has 0 aromatic carbocycles. The van der Waals surface area contributed by atoms with Crippen LogP contribution in [0.15, 0.2) is 15.5 Å². The van der Waals surface area contributed by atoms with E-state index in [-0.39, 0.29) is 5.56 Å². The van der Waals surface area contributed by atoms with Crippen molar-refractivity contribution in [3.05, 3.63) is 26.6 Å². The van der Waals surface area contributed by atoms with Crippen molar-refractivity contribution in [3.8, 4) is 0 Å². The van der Waals surface area contributed by atoms with Gasteiger partial charge in [0.25, 0.3) is 0 Å². The highest BCUT2D eigenvalue weighted by Crippen LogP contribution is 2.23. The summed E-state index contributed by atoms with van der Waals surface area (Å²) < 4.78 is 1.81. The minimum atomic E-state index is -1.15. The van der Waals surface area contributed by atoms with Crippen molar-refractivity contribution in [2.75, 3.05) is 0 Å². The lowest BCUT2D eigenvalue weighted by atomic mass is 10.2. The summed E-state index contributed by atoms with van der Waals surface area (Å²) in [6.07, 6.45) is 0. The van der Waals surface area contributed by atoms with E-state index in [2.05, 4.69) is 26.0 Å². The van der Waals surface area contributed by atoms with Gasteiger partial charge >= 0.3 is 5.97 Å². The molecule has 78 valence electrons. The maximum atomic E-state index is 11.2. The third-order valence-corrected chi connectivity index (χ3v) is 2.58. The number of pyridine rings is 1. The number of nitrogens with one attached hydrogen (secondary N) is 1. The Morgan fingerprint density at radius 1 is 1.67 bits per heavy atom. The number of H-pyrrole nitrogens is 1. The quantitative estimate of drug-likeness (QED) is 0.800. The van der Waals surface area contributed by atoms with Gasteiger partial charge in [-0.15, -0.1) is 0 Å². The molecule has 2 aromatic heterocycles. The minimum Gasteiger partial charge on any atom is -0.478 e. The summed E-state index contributed by atoms with van der Waals surface area (Å²) in [5, 5.41) is 13.3. The molecular weight excluding hydrogens is 266 g/mol. The molecule has 0 amide bonds. The molecule has 0 bridgehead atoms. The lowest BCUT2D eigenvalue weighted by Crippen LogP contribution is -2.11. The molecule has 6 nitrogen and oxygen atoms in total. The zero-order valence-corrected chi connectivity index (χ0v) is 9.20. The van der Waals surface area contributed by atoms with Crippen LogP contribution < -0.4 is 5.56 Å². The second-order valence-electron chi connectivity index (χ2n) is 2.99. The molecule has 0 saturated carbocycles. The molecule has 2 N–H and O–H groups in total. The van der Waals surface area contributed by atoms with Crippen molar-refractivity contribution < 1.29 is 9.90 Å². The van der Waals surface area contributed by atoms with Gasteiger partial charge in [0.15, 0.2) is 0 Å². The lowest BCUT2D eigenvalue weighted by molar-refractivity contribution is 0.0699. The molecule has 7 heteroatoms. The zero-order valence-electron chi connectivity index (χ0n) is 7.61. The number of nitrogens with zero attached hydrogens (tertiary/aromatic N) is 2. The SMILES string of the molecule is Cn1nc(Br)c2c(C(=O)O)cc(=O)[nH]c21. The fraction of sp³-hybridized carbons (Fsp3) is 0.125. The number of aromatic nitrogens is 3. The molecule has 2 heterocycles. The summed E-state index contributed by atoms with van der Waals surface area (Å²) >= 11 is 3.14. The number of carbonyl (C=O) groups is 1. The Morgan fingerprint density at radius 3 is 2.93 bits per heavy atom. The van der Waals surface area contributed by atoms with E-state index in [1.54, 1.807) is 7.05 Å². The first-order valence-corrected chi connectivity index (χ1v) is 4.79. The number of fused-ring (bicyclic) bond motifs is 1. The number of aromatic amines is 1. The topological polar surface area (TPSA) is 88.0 Å². The fourth-order valence-corrected chi connectivity index (χ4v) is 2.04. The summed E-state index contributed by atoms with van der Waals surface area (Å²) in [5.74, 6) is -1.15. The normalized spacial score (nSPS) is 10.8. The zero-order chi connectivity index (χ0) is 11.2. The Labute approximate surface area is 91.7 Å². The van der Waals surface area contributed by atoms with E-state index in [0.29, 0.717) is 15.6 Å². The first-order chi connectivity index (χ1) is 7.00. The molecule has 0 atom stereocenters. The number of aryl methyl sites for hydroxylation is 1. The molecule has 0 unspecified atom stereocenters. The third kappa shape index (κ3) is 1.44. The molecule has 0 fully saturated rings. The van der Waals surface area contributed by atoms with E-state index in [0.717, 1.165) is 6.07 Å². The molecule has 2 aromatic rings. The van der Waals surface area contributed by atoms with Gasteiger partial charge in [0, 0.05) is 13.1 Å². The van der Waals surface area contributed by atoms with E-state index in [1.807, 2.05) is 0 Å². The van der Waals surface area contributed by atoms with Crippen LogP contribution in [0.1, 0.15) is 10.4 Å². The monoisotopic (exact) mass is 271 g/mol. The predicted octanol–water partition coefficient (Wildman–Crippen LogP) is 0.722. The van der Waals surface area contributed by atoms with Gasteiger partial charge in [-0.3, -0.25) is 9.48 Å². The van der Waals surface area contributed by atoms with Crippen LogP contribution in [-0.4, -0.2) is 25.8 Å². The number of hydrogen-bond donors (Lipinski definition) is 2. The molecular formula is C8H6BrN3O3. The summed E-state index contributed by atoms with van der Waals surface area (Å²) in [6, 6.07) is 1.04. The van der Waals surface area contributed by atoms with Crippen LogP contribution in [-0.2, 0) is 7.05 Å². The fourth-order valence-electron chi connectivity index (χ4n) is 1.40. The molecule has 0 aliphatic heterocycles. The Balaban J connectivity index is 3.02. The number of carboxylic acid groups (broad SMARTS) is 1. The van der Waals surface area contributed by atoms with Gasteiger partial charge in [0.05, 0.1) is 10.9 Å². The molecule has 0 spiro atoms. The largest absolute Gasteiger partial charge is 0.478 e. The number of rotatable bonds is 1. The maximum Gasteiger partial charge on any atom is 0.336 e. The average Bonchev–Trinajstić information content (AvgIpc) is 2.41. The van der Waals surface area contributed by atoms with Crippen LogP contribution in [0.5, 0.6) is 0 Å². The highest BCUT2D eigenvalue weighted by atomic mass is 79.9. The van der Waals surface area contributed by atoms with Gasteiger partial charge in [0.2, 0.25) is 5.56 Å². The van der Waals surface area contributed by atoms with Crippen molar-refractivity contribution in [2.45, 2.75) is 0 Å². The first-order valence-electron chi connectivity index (χ1n) is 3.99. The van der Waals surface area contributed by atoms with Crippen molar-refractivity contribution in [2.24, 2.45) is 7.05 Å². The molecule has 0 aliphatic carbocycles. The smallest absolute Gasteiger partial charge is 0.336 e. The summed E-state index contributed by atoms with van der Waals surface area (Å²) in [7, 11) is 1.62. The van der Waals surface area contributed by atoms with Crippen LogP contribution >= 0.6 is 15.9 Å². The molecule has 2 rings (SSSR count). The van der Waals surface area contributed by atoms with Crippen LogP contribution in [0.4, 0.5) is 0 Å². The van der Waals surface area contributed by atoms with E-state index in [9.17, 15) is 9.59 Å². The summed E-state index contributed by atoms with van der Waals surface area (Å²) in [6.45, 7) is 0. The number of aromatic carboxylic acids is 1. The standard InChI is InChI=1S/C8H6BrN3O3/c1-12-7-5(6(9)11-12)3(8(14)15)2-4(13)10-7/h2H,1H3,(H,10,13)(H,14,15). The number of hydrogen-bond acceptors (Lipinski definition) is 3. The first kappa shape index (κ1) is 9.91. The van der Waals surface area contributed by atoms with E-state index >= 15 is 0 Å². The summed E-state index contributed by atoms with van der Waals surface area (Å²) in [4.78, 5) is 24.6. The Hall–Kier alpha value is -1.63. The molecule has 0 radical (unpaired) electrons. The van der Waals surface area contributed by atoms with E-state index < -0.39 is 11.5 Å². The molecule has 0 aliphatic rings. The van der Waals surface area contributed by atoms with Gasteiger partial charge in [-0.05, 0) is 15.9 Å². The highest BCUT2D eigenvalue weighted by Gasteiger charge is 2.16. The number of carboxylic acids is 1.